The Morgan fingerprint density at radius 1 is 1.17 bits per heavy atom. The van der Waals surface area contributed by atoms with Crippen LogP contribution in [0.3, 0.4) is 0 Å². The minimum atomic E-state index is -0.779. The van der Waals surface area contributed by atoms with E-state index in [-0.39, 0.29) is 12.5 Å². The van der Waals surface area contributed by atoms with Gasteiger partial charge in [0.05, 0.1) is 19.8 Å². The second kappa shape index (κ2) is 8.33. The number of carbonyl (C=O) groups excluding carboxylic acids is 1. The molecule has 0 bridgehead atoms. The van der Waals surface area contributed by atoms with Gasteiger partial charge in [-0.1, -0.05) is 42.5 Å². The average Bonchev–Trinajstić information content (AvgIpc) is 3.22. The van der Waals surface area contributed by atoms with Crippen LogP contribution in [0, 0.1) is 5.41 Å². The molecule has 156 valence electrons. The van der Waals surface area contributed by atoms with Crippen LogP contribution < -0.4 is 0 Å². The maximum Gasteiger partial charge on any atom is 0.253 e. The summed E-state index contributed by atoms with van der Waals surface area (Å²) in [6, 6.07) is 16.8. The van der Waals surface area contributed by atoms with Crippen LogP contribution in [-0.2, 0) is 13.5 Å². The third kappa shape index (κ3) is 3.96. The lowest BCUT2D eigenvalue weighted by molar-refractivity contribution is -0.0668. The number of aromatic nitrogens is 4. The molecule has 1 aliphatic heterocycles. The van der Waals surface area contributed by atoms with E-state index in [1.807, 2.05) is 30.3 Å². The molecule has 8 nitrogen and oxygen atoms in total. The van der Waals surface area contributed by atoms with E-state index < -0.39 is 11.5 Å². The van der Waals surface area contributed by atoms with Crippen molar-refractivity contribution < 1.29 is 15.0 Å². The fourth-order valence-electron chi connectivity index (χ4n) is 4.05. The number of aryl methyl sites for hydroxylation is 1. The van der Waals surface area contributed by atoms with Crippen LogP contribution in [0.2, 0.25) is 0 Å². The summed E-state index contributed by atoms with van der Waals surface area (Å²) in [7, 11) is 1.70. The zero-order chi connectivity index (χ0) is 21.1. The standard InChI is InChI=1S/C22H25N5O3/c1-26-24-20(23-25-26)17-7-9-18(10-8-17)21(30)27-12-11-19(29)22(14-27,15-28)13-16-5-3-2-4-6-16/h2-10,19,28-29H,11-15H2,1H3/t19-,22+/m0/s1. The molecule has 2 heterocycles. The first-order chi connectivity index (χ1) is 14.5. The normalized spacial score (nSPS) is 21.6. The van der Waals surface area contributed by atoms with Gasteiger partial charge >= 0.3 is 0 Å². The van der Waals surface area contributed by atoms with Crippen LogP contribution in [0.4, 0.5) is 0 Å². The van der Waals surface area contributed by atoms with Gasteiger partial charge in [-0.05, 0) is 35.8 Å². The quantitative estimate of drug-likeness (QED) is 0.661. The molecule has 1 amide bonds. The van der Waals surface area contributed by atoms with Crippen molar-refractivity contribution in [2.24, 2.45) is 12.5 Å². The second-order valence-corrected chi connectivity index (χ2v) is 7.89. The molecule has 0 spiro atoms. The van der Waals surface area contributed by atoms with Gasteiger partial charge in [-0.3, -0.25) is 4.79 Å². The molecule has 1 saturated heterocycles. The van der Waals surface area contributed by atoms with Gasteiger partial charge in [0.1, 0.15) is 0 Å². The van der Waals surface area contributed by atoms with E-state index in [4.69, 9.17) is 0 Å². The van der Waals surface area contributed by atoms with Crippen LogP contribution >= 0.6 is 0 Å². The smallest absolute Gasteiger partial charge is 0.253 e. The lowest BCUT2D eigenvalue weighted by Crippen LogP contribution is -2.56. The summed E-state index contributed by atoms with van der Waals surface area (Å²) < 4.78 is 0. The Labute approximate surface area is 174 Å². The van der Waals surface area contributed by atoms with E-state index in [1.165, 1.54) is 4.80 Å². The molecule has 3 aromatic rings. The molecule has 4 rings (SSSR count). The van der Waals surface area contributed by atoms with E-state index in [0.717, 1.165) is 11.1 Å². The topological polar surface area (TPSA) is 104 Å². The monoisotopic (exact) mass is 407 g/mol. The average molecular weight is 407 g/mol. The number of tetrazole rings is 1. The van der Waals surface area contributed by atoms with Gasteiger partial charge in [0.2, 0.25) is 5.82 Å². The van der Waals surface area contributed by atoms with Crippen molar-refractivity contribution >= 4 is 5.91 Å². The lowest BCUT2D eigenvalue weighted by atomic mass is 9.73. The molecule has 2 atom stereocenters. The molecule has 2 N–H and O–H groups in total. The number of nitrogens with zero attached hydrogens (tertiary/aromatic N) is 5. The molecule has 30 heavy (non-hydrogen) atoms. The molecule has 1 aromatic heterocycles. The summed E-state index contributed by atoms with van der Waals surface area (Å²) in [5.41, 5.74) is 1.58. The number of benzene rings is 2. The zero-order valence-electron chi connectivity index (χ0n) is 16.8. The molecule has 0 aliphatic carbocycles. The summed E-state index contributed by atoms with van der Waals surface area (Å²) in [4.78, 5) is 16.2. The van der Waals surface area contributed by atoms with Gasteiger partial charge < -0.3 is 15.1 Å². The van der Waals surface area contributed by atoms with Gasteiger partial charge in [-0.25, -0.2) is 0 Å². The summed E-state index contributed by atoms with van der Waals surface area (Å²) in [6.07, 6.45) is 0.268. The summed E-state index contributed by atoms with van der Waals surface area (Å²) >= 11 is 0. The molecule has 1 aliphatic rings. The first kappa shape index (κ1) is 20.2. The fourth-order valence-corrected chi connectivity index (χ4v) is 4.05. The molecule has 0 unspecified atom stereocenters. The number of aliphatic hydroxyl groups is 2. The highest BCUT2D eigenvalue weighted by atomic mass is 16.3. The number of rotatable bonds is 5. The number of piperidine rings is 1. The van der Waals surface area contributed by atoms with Crippen molar-refractivity contribution in [1.29, 1.82) is 0 Å². The van der Waals surface area contributed by atoms with Crippen LogP contribution in [0.15, 0.2) is 54.6 Å². The predicted molar refractivity (Wildman–Crippen MR) is 110 cm³/mol. The highest BCUT2D eigenvalue weighted by Gasteiger charge is 2.43. The summed E-state index contributed by atoms with van der Waals surface area (Å²) in [5.74, 6) is 0.381. The predicted octanol–water partition coefficient (Wildman–Crippen LogP) is 1.31. The summed E-state index contributed by atoms with van der Waals surface area (Å²) in [6.45, 7) is 0.556. The fraction of sp³-hybridized carbons (Fsp3) is 0.364. The van der Waals surface area contributed by atoms with E-state index in [9.17, 15) is 15.0 Å². The van der Waals surface area contributed by atoms with Crippen LogP contribution in [0.5, 0.6) is 0 Å². The number of aliphatic hydroxyl groups excluding tert-OH is 2. The Morgan fingerprint density at radius 2 is 1.90 bits per heavy atom. The Morgan fingerprint density at radius 3 is 2.53 bits per heavy atom. The van der Waals surface area contributed by atoms with Crippen molar-refractivity contribution in [3.8, 4) is 11.4 Å². The van der Waals surface area contributed by atoms with Crippen molar-refractivity contribution in [1.82, 2.24) is 25.1 Å². The molecule has 0 radical (unpaired) electrons. The van der Waals surface area contributed by atoms with Gasteiger partial charge in [0.15, 0.2) is 0 Å². The minimum absolute atomic E-state index is 0.119. The zero-order valence-corrected chi connectivity index (χ0v) is 16.8. The van der Waals surface area contributed by atoms with Crippen molar-refractivity contribution in [3.63, 3.8) is 0 Å². The van der Waals surface area contributed by atoms with E-state index in [0.29, 0.717) is 37.3 Å². The van der Waals surface area contributed by atoms with Crippen molar-refractivity contribution in [3.05, 3.63) is 65.7 Å². The maximum absolute atomic E-state index is 13.1. The molecular formula is C22H25N5O3. The van der Waals surface area contributed by atoms with Crippen molar-refractivity contribution in [2.45, 2.75) is 18.9 Å². The number of hydrogen-bond donors (Lipinski definition) is 2. The Kier molecular flexibility index (Phi) is 5.61. The van der Waals surface area contributed by atoms with Crippen LogP contribution in [0.1, 0.15) is 22.3 Å². The van der Waals surface area contributed by atoms with E-state index >= 15 is 0 Å². The van der Waals surface area contributed by atoms with E-state index in [2.05, 4.69) is 15.4 Å². The molecular weight excluding hydrogens is 382 g/mol. The Balaban J connectivity index is 1.52. The third-order valence-corrected chi connectivity index (χ3v) is 5.78. The number of carbonyl (C=O) groups is 1. The van der Waals surface area contributed by atoms with Gasteiger partial charge in [0.25, 0.3) is 5.91 Å². The Hall–Kier alpha value is -3.10. The van der Waals surface area contributed by atoms with Crippen LogP contribution in [0.25, 0.3) is 11.4 Å². The number of likely N-dealkylation sites (tertiary alicyclic amines) is 1. The molecule has 0 saturated carbocycles. The first-order valence-corrected chi connectivity index (χ1v) is 9.97. The number of amides is 1. The highest BCUT2D eigenvalue weighted by Crippen LogP contribution is 2.34. The largest absolute Gasteiger partial charge is 0.396 e. The van der Waals surface area contributed by atoms with Crippen LogP contribution in [-0.4, -0.2) is 67.0 Å². The van der Waals surface area contributed by atoms with Gasteiger partial charge in [0, 0.05) is 29.6 Å². The first-order valence-electron chi connectivity index (χ1n) is 9.97. The lowest BCUT2D eigenvalue weighted by Gasteiger charge is -2.45. The SMILES string of the molecule is Cn1nnc(-c2ccc(C(=O)N3CC[C@H](O)[C@](CO)(Cc4ccccc4)C3)cc2)n1. The molecule has 1 fully saturated rings. The molecule has 2 aromatic carbocycles. The second-order valence-electron chi connectivity index (χ2n) is 7.89. The summed E-state index contributed by atoms with van der Waals surface area (Å²) in [5, 5.41) is 32.9. The number of hydrogen-bond acceptors (Lipinski definition) is 6. The Bertz CT molecular complexity index is 1010. The minimum Gasteiger partial charge on any atom is -0.396 e. The third-order valence-electron chi connectivity index (χ3n) is 5.78. The maximum atomic E-state index is 13.1. The van der Waals surface area contributed by atoms with E-state index in [1.54, 1.807) is 36.2 Å². The van der Waals surface area contributed by atoms with Crippen molar-refractivity contribution in [2.75, 3.05) is 19.7 Å². The molecule has 8 heteroatoms. The highest BCUT2D eigenvalue weighted by molar-refractivity contribution is 5.94. The van der Waals surface area contributed by atoms with Gasteiger partial charge in [-0.2, -0.15) is 4.80 Å². The van der Waals surface area contributed by atoms with Gasteiger partial charge in [-0.15, -0.1) is 10.2 Å².